The van der Waals surface area contributed by atoms with E-state index in [1.165, 1.54) is 24.8 Å². The van der Waals surface area contributed by atoms with Crippen molar-refractivity contribution in [2.45, 2.75) is 29.3 Å². The monoisotopic (exact) mass is 678 g/mol. The molecule has 2 aliphatic rings. The third-order valence-electron chi connectivity index (χ3n) is 8.45. The summed E-state index contributed by atoms with van der Waals surface area (Å²) < 4.78 is 51.8. The van der Waals surface area contributed by atoms with Crippen LogP contribution in [0.4, 0.5) is 30.2 Å². The molecule has 0 spiro atoms. The van der Waals surface area contributed by atoms with Crippen LogP contribution < -0.4 is 15.0 Å². The van der Waals surface area contributed by atoms with Gasteiger partial charge in [0.05, 0.1) is 16.9 Å². The van der Waals surface area contributed by atoms with Crippen molar-refractivity contribution < 1.29 is 32.2 Å². The molecule has 0 radical (unpaired) electrons. The highest BCUT2D eigenvalue weighted by molar-refractivity contribution is 7.99. The predicted octanol–water partition coefficient (Wildman–Crippen LogP) is 7.05. The van der Waals surface area contributed by atoms with Crippen LogP contribution in [0.5, 0.6) is 5.75 Å². The van der Waals surface area contributed by atoms with Crippen LogP contribution in [0.25, 0.3) is 10.8 Å². The molecule has 8 nitrogen and oxygen atoms in total. The van der Waals surface area contributed by atoms with Gasteiger partial charge in [0.1, 0.15) is 12.4 Å². The van der Waals surface area contributed by atoms with Crippen LogP contribution in [0, 0.1) is 0 Å². The molecule has 1 N–H and O–H groups in total. The maximum absolute atomic E-state index is 13.5. The zero-order valence-electron chi connectivity index (χ0n) is 26.6. The van der Waals surface area contributed by atoms with Crippen molar-refractivity contribution in [2.75, 3.05) is 69.2 Å². The largest absolute Gasteiger partial charge is 0.481 e. The number of halogens is 3. The van der Waals surface area contributed by atoms with Crippen LogP contribution in [-0.2, 0) is 20.5 Å². The van der Waals surface area contributed by atoms with Crippen molar-refractivity contribution in [1.29, 1.82) is 0 Å². The number of alkyl halides is 3. The normalized spacial score (nSPS) is 15.1. The van der Waals surface area contributed by atoms with E-state index in [1.54, 1.807) is 12.1 Å². The van der Waals surface area contributed by atoms with E-state index in [9.17, 15) is 22.8 Å². The first kappa shape index (κ1) is 33.6. The van der Waals surface area contributed by atoms with E-state index >= 15 is 0 Å². The fourth-order valence-electron chi connectivity index (χ4n) is 6.05. The average Bonchev–Trinajstić information content (AvgIpc) is 3.07. The van der Waals surface area contributed by atoms with Gasteiger partial charge in [0, 0.05) is 67.1 Å². The van der Waals surface area contributed by atoms with E-state index < -0.39 is 17.7 Å². The number of carbonyl (C=O) groups is 2. The highest BCUT2D eigenvalue weighted by atomic mass is 32.2. The summed E-state index contributed by atoms with van der Waals surface area (Å²) in [5.74, 6) is -0.0896. The second kappa shape index (κ2) is 14.9. The summed E-state index contributed by atoms with van der Waals surface area (Å²) in [5.41, 5.74) is 1.55. The van der Waals surface area contributed by atoms with E-state index in [-0.39, 0.29) is 19.1 Å². The molecular weight excluding hydrogens is 641 g/mol. The second-order valence-corrected chi connectivity index (χ2v) is 12.9. The number of nitrogens with zero attached hydrogens (tertiary/aromatic N) is 3. The number of para-hydroxylation sites is 1. The number of fused-ring (bicyclic) bond motifs is 3. The molecule has 0 bridgehead atoms. The molecule has 4 aromatic rings. The first-order valence-corrected chi connectivity index (χ1v) is 16.7. The van der Waals surface area contributed by atoms with E-state index in [4.69, 9.17) is 9.47 Å². The lowest BCUT2D eigenvalue weighted by Gasteiger charge is -2.36. The van der Waals surface area contributed by atoms with Gasteiger partial charge in [-0.05, 0) is 66.9 Å². The lowest BCUT2D eigenvalue weighted by molar-refractivity contribution is -0.146. The minimum absolute atomic E-state index is 0.170. The predicted molar refractivity (Wildman–Crippen MR) is 181 cm³/mol. The Morgan fingerprint density at radius 3 is 2.35 bits per heavy atom. The molecule has 6 rings (SSSR count). The van der Waals surface area contributed by atoms with Crippen molar-refractivity contribution >= 4 is 51.5 Å². The highest BCUT2D eigenvalue weighted by Gasteiger charge is 2.33. The molecule has 252 valence electrons. The number of anilines is 3. The topological polar surface area (TPSA) is 74.3 Å². The maximum atomic E-state index is 13.5. The van der Waals surface area contributed by atoms with Crippen molar-refractivity contribution in [3.8, 4) is 5.75 Å². The van der Waals surface area contributed by atoms with Crippen LogP contribution in [0.2, 0.25) is 0 Å². The molecule has 1 amide bonds. The molecule has 0 aliphatic carbocycles. The van der Waals surface area contributed by atoms with Crippen LogP contribution in [0.3, 0.4) is 0 Å². The summed E-state index contributed by atoms with van der Waals surface area (Å²) in [6.07, 6.45) is -3.59. The highest BCUT2D eigenvalue weighted by Crippen LogP contribution is 2.49. The third kappa shape index (κ3) is 8.23. The molecule has 1 saturated heterocycles. The number of amides is 1. The number of nitrogens with one attached hydrogen (secondary N) is 1. The van der Waals surface area contributed by atoms with E-state index in [2.05, 4.69) is 15.1 Å². The van der Waals surface area contributed by atoms with Gasteiger partial charge in [0.25, 0.3) is 0 Å². The minimum Gasteiger partial charge on any atom is -0.481 e. The molecule has 4 aromatic carbocycles. The number of carbonyl (C=O) groups excluding carboxylic acids is 2. The molecule has 0 atom stereocenters. The molecule has 12 heteroatoms. The van der Waals surface area contributed by atoms with Gasteiger partial charge in [0.2, 0.25) is 5.91 Å². The van der Waals surface area contributed by atoms with Crippen molar-refractivity contribution in [2.24, 2.45) is 0 Å². The minimum atomic E-state index is -4.40. The van der Waals surface area contributed by atoms with Gasteiger partial charge in [-0.1, -0.05) is 42.1 Å². The number of piperazine rings is 1. The summed E-state index contributed by atoms with van der Waals surface area (Å²) in [6, 6.07) is 22.9. The Kier molecular flexibility index (Phi) is 10.4. The van der Waals surface area contributed by atoms with Crippen LogP contribution in [-0.4, -0.2) is 80.7 Å². The quantitative estimate of drug-likeness (QED) is 0.169. The Bertz CT molecular complexity index is 1780. The molecular formula is C36H37F3N4O4S. The number of benzene rings is 4. The first-order valence-electron chi connectivity index (χ1n) is 15.9. The summed E-state index contributed by atoms with van der Waals surface area (Å²) in [6.45, 7) is 6.94. The van der Waals surface area contributed by atoms with Crippen LogP contribution in [0.1, 0.15) is 18.9 Å². The van der Waals surface area contributed by atoms with Gasteiger partial charge < -0.3 is 24.6 Å². The van der Waals surface area contributed by atoms with Gasteiger partial charge in [-0.3, -0.25) is 9.69 Å². The summed E-state index contributed by atoms with van der Waals surface area (Å²) in [4.78, 5) is 32.4. The van der Waals surface area contributed by atoms with E-state index in [1.807, 2.05) is 59.5 Å². The summed E-state index contributed by atoms with van der Waals surface area (Å²) >= 11 is 1.50. The fourth-order valence-corrected chi connectivity index (χ4v) is 7.13. The van der Waals surface area contributed by atoms with Gasteiger partial charge >= 0.3 is 12.1 Å². The number of hydrogen-bond donors (Lipinski definition) is 1. The van der Waals surface area contributed by atoms with Crippen LogP contribution >= 0.6 is 11.8 Å². The SMILES string of the molecule is CC(=O)Nc1ccc2cccc(OCC(=O)OCCN3CCN(CCCN4c5ccccc5Sc5ccc(C(F)(F)F)cc54)CC3)c2c1. The number of ether oxygens (including phenoxy) is 2. The summed E-state index contributed by atoms with van der Waals surface area (Å²) in [5, 5.41) is 4.47. The van der Waals surface area contributed by atoms with Crippen molar-refractivity contribution in [3.05, 3.63) is 84.4 Å². The zero-order chi connectivity index (χ0) is 33.7. The second-order valence-electron chi connectivity index (χ2n) is 11.8. The number of rotatable bonds is 11. The Labute approximate surface area is 281 Å². The number of esters is 1. The Morgan fingerprint density at radius 2 is 1.58 bits per heavy atom. The molecule has 2 aliphatic heterocycles. The Morgan fingerprint density at radius 1 is 0.833 bits per heavy atom. The molecule has 0 unspecified atom stereocenters. The third-order valence-corrected chi connectivity index (χ3v) is 9.58. The smallest absolute Gasteiger partial charge is 0.416 e. The van der Waals surface area contributed by atoms with E-state index in [0.717, 1.165) is 71.5 Å². The Hall–Kier alpha value is -4.26. The fraction of sp³-hybridized carbons (Fsp3) is 0.333. The van der Waals surface area contributed by atoms with E-state index in [0.29, 0.717) is 30.2 Å². The maximum Gasteiger partial charge on any atom is 0.416 e. The molecule has 0 saturated carbocycles. The molecule has 48 heavy (non-hydrogen) atoms. The molecule has 1 fully saturated rings. The summed E-state index contributed by atoms with van der Waals surface area (Å²) in [7, 11) is 0. The Balaban J connectivity index is 0.934. The first-order chi connectivity index (χ1) is 23.1. The lowest BCUT2D eigenvalue weighted by Crippen LogP contribution is -2.47. The number of hydrogen-bond acceptors (Lipinski definition) is 8. The van der Waals surface area contributed by atoms with Crippen molar-refractivity contribution in [1.82, 2.24) is 9.80 Å². The van der Waals surface area contributed by atoms with Crippen molar-refractivity contribution in [3.63, 3.8) is 0 Å². The van der Waals surface area contributed by atoms with Crippen LogP contribution in [0.15, 0.2) is 88.7 Å². The molecule has 2 heterocycles. The lowest BCUT2D eigenvalue weighted by atomic mass is 10.1. The van der Waals surface area contributed by atoms with Gasteiger partial charge in [-0.15, -0.1) is 0 Å². The van der Waals surface area contributed by atoms with Gasteiger partial charge in [-0.2, -0.15) is 13.2 Å². The standard InChI is InChI=1S/C36H37F3N4O4S/c1-25(44)40-28-12-10-26-6-4-8-32(29(26)23-28)47-24-35(45)46-21-20-42-18-16-41(17-19-42)14-5-15-43-30-7-2-3-9-33(30)48-34-13-11-27(22-31(34)43)36(37,38)39/h2-4,6-13,22-23H,5,14-21,24H2,1H3,(H,40,44). The average molecular weight is 679 g/mol. The van der Waals surface area contributed by atoms with Gasteiger partial charge in [0.15, 0.2) is 6.61 Å². The van der Waals surface area contributed by atoms with Gasteiger partial charge in [-0.25, -0.2) is 4.79 Å². The molecule has 0 aromatic heterocycles. The zero-order valence-corrected chi connectivity index (χ0v) is 27.4.